The predicted octanol–water partition coefficient (Wildman–Crippen LogP) is 1.49. The van der Waals surface area contributed by atoms with Gasteiger partial charge in [0.25, 0.3) is 0 Å². The first kappa shape index (κ1) is 21.1. The zero-order valence-electron chi connectivity index (χ0n) is 16.6. The van der Waals surface area contributed by atoms with Gasteiger partial charge in [0.05, 0.1) is 25.6 Å². The number of rotatable bonds is 8. The number of ether oxygens (including phenoxy) is 2. The van der Waals surface area contributed by atoms with Crippen molar-refractivity contribution < 1.29 is 19.1 Å². The van der Waals surface area contributed by atoms with Gasteiger partial charge in [0.15, 0.2) is 5.16 Å². The molecule has 2 aromatic rings. The average molecular weight is 420 g/mol. The summed E-state index contributed by atoms with van der Waals surface area (Å²) in [5.41, 5.74) is 1.86. The molecule has 1 fully saturated rings. The van der Waals surface area contributed by atoms with Crippen LogP contribution in [0.5, 0.6) is 0 Å². The van der Waals surface area contributed by atoms with E-state index in [4.69, 9.17) is 9.47 Å². The molecular weight excluding hydrogens is 394 g/mol. The van der Waals surface area contributed by atoms with Crippen LogP contribution in [0.4, 0.5) is 11.4 Å². The SMILES string of the molecule is CCOC(=O)Cc1nnc(SCC(=O)Nc2ccc(N3CCOCC3)cc2)n1C. The molecule has 1 saturated heterocycles. The number of nitrogens with zero attached hydrogens (tertiary/aromatic N) is 4. The lowest BCUT2D eigenvalue weighted by Crippen LogP contribution is -2.36. The minimum absolute atomic E-state index is 0.0551. The second-order valence-electron chi connectivity index (χ2n) is 6.42. The van der Waals surface area contributed by atoms with Crippen LogP contribution in [0.1, 0.15) is 12.7 Å². The molecule has 0 atom stereocenters. The summed E-state index contributed by atoms with van der Waals surface area (Å²) in [6, 6.07) is 7.79. The van der Waals surface area contributed by atoms with Crippen molar-refractivity contribution in [3.63, 3.8) is 0 Å². The third-order valence-corrected chi connectivity index (χ3v) is 5.41. The summed E-state index contributed by atoms with van der Waals surface area (Å²) in [5.74, 6) is 0.211. The van der Waals surface area contributed by atoms with Crippen molar-refractivity contribution in [1.29, 1.82) is 0 Å². The Hall–Kier alpha value is -2.59. The van der Waals surface area contributed by atoms with Crippen LogP contribution in [0.3, 0.4) is 0 Å². The highest BCUT2D eigenvalue weighted by Gasteiger charge is 2.15. The van der Waals surface area contributed by atoms with Crippen molar-refractivity contribution >= 4 is 35.0 Å². The average Bonchev–Trinajstić information content (AvgIpc) is 3.07. The van der Waals surface area contributed by atoms with E-state index in [1.54, 1.807) is 18.5 Å². The number of hydrogen-bond acceptors (Lipinski definition) is 8. The highest BCUT2D eigenvalue weighted by atomic mass is 32.2. The lowest BCUT2D eigenvalue weighted by molar-refractivity contribution is -0.142. The summed E-state index contributed by atoms with van der Waals surface area (Å²) in [5, 5.41) is 11.5. The molecule has 0 bridgehead atoms. The van der Waals surface area contributed by atoms with E-state index in [0.29, 0.717) is 17.6 Å². The van der Waals surface area contributed by atoms with E-state index in [1.807, 2.05) is 24.3 Å². The Morgan fingerprint density at radius 2 is 1.93 bits per heavy atom. The second kappa shape index (κ2) is 10.3. The van der Waals surface area contributed by atoms with Crippen LogP contribution in [-0.2, 0) is 32.5 Å². The van der Waals surface area contributed by atoms with Crippen molar-refractivity contribution in [3.05, 3.63) is 30.1 Å². The number of morpholine rings is 1. The topological polar surface area (TPSA) is 98.6 Å². The monoisotopic (exact) mass is 419 g/mol. The molecule has 29 heavy (non-hydrogen) atoms. The van der Waals surface area contributed by atoms with Crippen LogP contribution in [0.15, 0.2) is 29.4 Å². The fourth-order valence-electron chi connectivity index (χ4n) is 2.87. The van der Waals surface area contributed by atoms with Gasteiger partial charge >= 0.3 is 5.97 Å². The molecule has 0 unspecified atom stereocenters. The predicted molar refractivity (Wildman–Crippen MR) is 110 cm³/mol. The number of amides is 1. The van der Waals surface area contributed by atoms with Gasteiger partial charge in [-0.15, -0.1) is 10.2 Å². The van der Waals surface area contributed by atoms with Crippen LogP contribution in [0.2, 0.25) is 0 Å². The van der Waals surface area contributed by atoms with Gasteiger partial charge < -0.3 is 24.3 Å². The molecule has 0 saturated carbocycles. The molecule has 10 heteroatoms. The molecule has 1 aliphatic heterocycles. The summed E-state index contributed by atoms with van der Waals surface area (Å²) in [6.07, 6.45) is 0.0551. The van der Waals surface area contributed by atoms with Crippen molar-refractivity contribution in [2.75, 3.05) is 48.9 Å². The fraction of sp³-hybridized carbons (Fsp3) is 0.474. The molecule has 9 nitrogen and oxygen atoms in total. The molecule has 1 aromatic heterocycles. The second-order valence-corrected chi connectivity index (χ2v) is 7.37. The van der Waals surface area contributed by atoms with Crippen molar-refractivity contribution in [1.82, 2.24) is 14.8 Å². The Morgan fingerprint density at radius 3 is 2.62 bits per heavy atom. The van der Waals surface area contributed by atoms with Gasteiger partial charge in [0, 0.05) is 31.5 Å². The third kappa shape index (κ3) is 5.94. The highest BCUT2D eigenvalue weighted by molar-refractivity contribution is 7.99. The van der Waals surface area contributed by atoms with E-state index in [-0.39, 0.29) is 24.1 Å². The van der Waals surface area contributed by atoms with E-state index in [9.17, 15) is 9.59 Å². The largest absolute Gasteiger partial charge is 0.466 e. The molecule has 1 amide bonds. The summed E-state index contributed by atoms with van der Waals surface area (Å²) < 4.78 is 12.0. The van der Waals surface area contributed by atoms with Crippen LogP contribution in [0.25, 0.3) is 0 Å². The summed E-state index contributed by atoms with van der Waals surface area (Å²) >= 11 is 1.26. The lowest BCUT2D eigenvalue weighted by Gasteiger charge is -2.28. The van der Waals surface area contributed by atoms with E-state index >= 15 is 0 Å². The van der Waals surface area contributed by atoms with E-state index in [1.165, 1.54) is 11.8 Å². The third-order valence-electron chi connectivity index (χ3n) is 4.39. The maximum Gasteiger partial charge on any atom is 0.313 e. The van der Waals surface area contributed by atoms with Gasteiger partial charge in [-0.2, -0.15) is 0 Å². The molecule has 0 aliphatic carbocycles. The van der Waals surface area contributed by atoms with Gasteiger partial charge in [-0.05, 0) is 31.2 Å². The summed E-state index contributed by atoms with van der Waals surface area (Å²) in [6.45, 7) is 5.30. The molecule has 0 radical (unpaired) electrons. The van der Waals surface area contributed by atoms with Gasteiger partial charge in [0.1, 0.15) is 12.2 Å². The molecule has 3 rings (SSSR count). The fourth-order valence-corrected chi connectivity index (χ4v) is 3.60. The van der Waals surface area contributed by atoms with Gasteiger partial charge in [0.2, 0.25) is 5.91 Å². The van der Waals surface area contributed by atoms with E-state index in [2.05, 4.69) is 20.4 Å². The Morgan fingerprint density at radius 1 is 1.21 bits per heavy atom. The number of hydrogen-bond donors (Lipinski definition) is 1. The Kier molecular flexibility index (Phi) is 7.48. The first-order valence-electron chi connectivity index (χ1n) is 9.46. The summed E-state index contributed by atoms with van der Waals surface area (Å²) in [4.78, 5) is 26.1. The molecule has 1 N–H and O–H groups in total. The maximum absolute atomic E-state index is 12.3. The number of anilines is 2. The number of benzene rings is 1. The van der Waals surface area contributed by atoms with E-state index in [0.717, 1.165) is 37.7 Å². The summed E-state index contributed by atoms with van der Waals surface area (Å²) in [7, 11) is 1.76. The van der Waals surface area contributed by atoms with Crippen LogP contribution in [-0.4, -0.2) is 65.3 Å². The van der Waals surface area contributed by atoms with Crippen LogP contribution in [0, 0.1) is 0 Å². The molecule has 2 heterocycles. The minimum Gasteiger partial charge on any atom is -0.466 e. The molecular formula is C19H25N5O4S. The number of aromatic nitrogens is 3. The first-order valence-corrected chi connectivity index (χ1v) is 10.4. The molecule has 156 valence electrons. The van der Waals surface area contributed by atoms with Crippen LogP contribution >= 0.6 is 11.8 Å². The van der Waals surface area contributed by atoms with Gasteiger partial charge in [-0.25, -0.2) is 0 Å². The smallest absolute Gasteiger partial charge is 0.313 e. The minimum atomic E-state index is -0.349. The molecule has 1 aromatic carbocycles. The number of thioether (sulfide) groups is 1. The Balaban J connectivity index is 1.48. The maximum atomic E-state index is 12.3. The number of nitrogens with one attached hydrogen (secondary N) is 1. The number of esters is 1. The van der Waals surface area contributed by atoms with Gasteiger partial charge in [-0.1, -0.05) is 11.8 Å². The van der Waals surface area contributed by atoms with Crippen LogP contribution < -0.4 is 10.2 Å². The quantitative estimate of drug-likeness (QED) is 0.508. The van der Waals surface area contributed by atoms with Crippen molar-refractivity contribution in [2.24, 2.45) is 7.05 Å². The Labute approximate surface area is 173 Å². The van der Waals surface area contributed by atoms with Gasteiger partial charge in [-0.3, -0.25) is 9.59 Å². The zero-order chi connectivity index (χ0) is 20.6. The van der Waals surface area contributed by atoms with E-state index < -0.39 is 0 Å². The highest BCUT2D eigenvalue weighted by Crippen LogP contribution is 2.20. The Bertz CT molecular complexity index is 834. The normalized spacial score (nSPS) is 13.9. The lowest BCUT2D eigenvalue weighted by atomic mass is 10.2. The number of carbonyl (C=O) groups excluding carboxylic acids is 2. The number of carbonyl (C=O) groups is 2. The standard InChI is InChI=1S/C19H25N5O4S/c1-3-28-18(26)12-16-21-22-19(23(16)2)29-13-17(25)20-14-4-6-15(7-5-14)24-8-10-27-11-9-24/h4-7H,3,8-13H2,1-2H3,(H,20,25). The first-order chi connectivity index (χ1) is 14.1. The molecule has 1 aliphatic rings. The van der Waals surface area contributed by atoms with Crippen molar-refractivity contribution in [2.45, 2.75) is 18.5 Å². The zero-order valence-corrected chi connectivity index (χ0v) is 17.4. The molecule has 0 spiro atoms. The van der Waals surface area contributed by atoms with Crippen molar-refractivity contribution in [3.8, 4) is 0 Å².